The van der Waals surface area contributed by atoms with Gasteiger partial charge in [-0.15, -0.1) is 0 Å². The van der Waals surface area contributed by atoms with E-state index in [-0.39, 0.29) is 0 Å². The van der Waals surface area contributed by atoms with Gasteiger partial charge in [0.05, 0.1) is 0 Å². The summed E-state index contributed by atoms with van der Waals surface area (Å²) in [5.41, 5.74) is 1.75. The Balaban J connectivity index is 2.81. The maximum absolute atomic E-state index is 11.9. The van der Waals surface area contributed by atoms with Crippen molar-refractivity contribution in [3.63, 3.8) is 0 Å². The van der Waals surface area contributed by atoms with E-state index in [9.17, 15) is 4.39 Å². The van der Waals surface area contributed by atoms with Crippen LogP contribution in [0.3, 0.4) is 0 Å². The summed E-state index contributed by atoms with van der Waals surface area (Å²) < 4.78 is 11.9. The number of hydrogen-bond acceptors (Lipinski definition) is 1. The molecule has 1 aromatic carbocycles. The number of halogens is 1. The fraction of sp³-hybridized carbons (Fsp3) is 0.333. The van der Waals surface area contributed by atoms with Gasteiger partial charge in [0.15, 0.2) is 0 Å². The molecule has 1 nitrogen and oxygen atoms in total. The highest BCUT2D eigenvalue weighted by molar-refractivity contribution is 5.22. The lowest BCUT2D eigenvalue weighted by Gasteiger charge is -2.05. The number of aliphatic hydroxyl groups is 1. The highest BCUT2D eigenvalue weighted by Gasteiger charge is 2.04. The molecule has 1 unspecified atom stereocenters. The Labute approximate surface area is 65.5 Å². The Morgan fingerprint density at radius 2 is 1.91 bits per heavy atom. The first-order chi connectivity index (χ1) is 5.24. The zero-order chi connectivity index (χ0) is 8.27. The van der Waals surface area contributed by atoms with Gasteiger partial charge in [-0.3, -0.25) is 0 Å². The van der Waals surface area contributed by atoms with E-state index in [1.807, 2.05) is 19.1 Å². The van der Waals surface area contributed by atoms with E-state index in [0.717, 1.165) is 5.56 Å². The maximum Gasteiger partial charge on any atom is 0.119 e. The number of benzene rings is 1. The highest BCUT2D eigenvalue weighted by Crippen LogP contribution is 2.13. The third-order valence-corrected chi connectivity index (χ3v) is 1.61. The van der Waals surface area contributed by atoms with E-state index >= 15 is 0 Å². The predicted molar refractivity (Wildman–Crippen MR) is 42.1 cm³/mol. The zero-order valence-electron chi connectivity index (χ0n) is 6.42. The molecular formula is C9H11FO. The molecule has 0 aliphatic carbocycles. The number of rotatable bonds is 2. The van der Waals surface area contributed by atoms with Crippen molar-refractivity contribution < 1.29 is 9.50 Å². The normalized spacial score (nSPS) is 13.0. The van der Waals surface area contributed by atoms with Crippen LogP contribution in [0.15, 0.2) is 24.3 Å². The largest absolute Gasteiger partial charge is 0.386 e. The second-order valence-electron chi connectivity index (χ2n) is 2.58. The van der Waals surface area contributed by atoms with Gasteiger partial charge in [0.1, 0.15) is 12.8 Å². The molecule has 1 aromatic rings. The lowest BCUT2D eigenvalue weighted by atomic mass is 10.1. The molecule has 0 fully saturated rings. The van der Waals surface area contributed by atoms with E-state index in [4.69, 9.17) is 5.11 Å². The molecule has 0 aliphatic heterocycles. The molecule has 60 valence electrons. The number of hydrogen-bond donors (Lipinski definition) is 1. The van der Waals surface area contributed by atoms with Gasteiger partial charge in [0, 0.05) is 0 Å². The van der Waals surface area contributed by atoms with Gasteiger partial charge in [-0.25, -0.2) is 4.39 Å². The van der Waals surface area contributed by atoms with Crippen LogP contribution in [0, 0.1) is 6.92 Å². The summed E-state index contributed by atoms with van der Waals surface area (Å²) in [4.78, 5) is 0. The first-order valence-corrected chi connectivity index (χ1v) is 3.54. The van der Waals surface area contributed by atoms with Crippen LogP contribution < -0.4 is 0 Å². The van der Waals surface area contributed by atoms with E-state index in [0.29, 0.717) is 5.56 Å². The molecule has 1 atom stereocenters. The smallest absolute Gasteiger partial charge is 0.119 e. The lowest BCUT2D eigenvalue weighted by Crippen LogP contribution is -1.98. The molecule has 11 heavy (non-hydrogen) atoms. The minimum Gasteiger partial charge on any atom is -0.386 e. The molecule has 0 amide bonds. The number of aliphatic hydroxyl groups excluding tert-OH is 1. The summed E-state index contributed by atoms with van der Waals surface area (Å²) in [5, 5.41) is 9.05. The number of aryl methyl sites for hydroxylation is 1. The first-order valence-electron chi connectivity index (χ1n) is 3.54. The standard InChI is InChI=1S/C9H11FO/c1-7-2-4-8(5-3-7)9(11)6-10/h2-5,9,11H,6H2,1H3. The van der Waals surface area contributed by atoms with E-state index < -0.39 is 12.8 Å². The van der Waals surface area contributed by atoms with Crippen molar-refractivity contribution in [3.8, 4) is 0 Å². The summed E-state index contributed by atoms with van der Waals surface area (Å²) in [6.07, 6.45) is -0.962. The Bertz CT molecular complexity index is 218. The summed E-state index contributed by atoms with van der Waals surface area (Å²) >= 11 is 0. The minimum absolute atomic E-state index is 0.637. The van der Waals surface area contributed by atoms with Crippen molar-refractivity contribution >= 4 is 0 Å². The minimum atomic E-state index is -0.962. The predicted octanol–water partition coefficient (Wildman–Crippen LogP) is 2.00. The average Bonchev–Trinajstić information content (AvgIpc) is 2.05. The van der Waals surface area contributed by atoms with E-state index in [1.54, 1.807) is 12.1 Å². The Morgan fingerprint density at radius 3 is 2.36 bits per heavy atom. The molecule has 1 rings (SSSR count). The van der Waals surface area contributed by atoms with E-state index in [1.165, 1.54) is 0 Å². The van der Waals surface area contributed by atoms with Crippen LogP contribution in [0.25, 0.3) is 0 Å². The molecule has 1 N–H and O–H groups in total. The van der Waals surface area contributed by atoms with Gasteiger partial charge in [0.25, 0.3) is 0 Å². The van der Waals surface area contributed by atoms with Crippen LogP contribution in [0.2, 0.25) is 0 Å². The first kappa shape index (κ1) is 8.21. The van der Waals surface area contributed by atoms with Gasteiger partial charge in [0.2, 0.25) is 0 Å². The van der Waals surface area contributed by atoms with Crippen molar-refractivity contribution in [1.82, 2.24) is 0 Å². The number of alkyl halides is 1. The van der Waals surface area contributed by atoms with Crippen LogP contribution in [-0.4, -0.2) is 11.8 Å². The summed E-state index contributed by atoms with van der Waals surface area (Å²) in [7, 11) is 0. The van der Waals surface area contributed by atoms with Crippen molar-refractivity contribution in [1.29, 1.82) is 0 Å². The fourth-order valence-electron chi connectivity index (χ4n) is 0.878. The molecule has 0 saturated heterocycles. The molecule has 2 heteroatoms. The van der Waals surface area contributed by atoms with Crippen LogP contribution >= 0.6 is 0 Å². The Morgan fingerprint density at radius 1 is 1.36 bits per heavy atom. The Kier molecular flexibility index (Phi) is 2.60. The zero-order valence-corrected chi connectivity index (χ0v) is 6.42. The molecule has 0 saturated carbocycles. The summed E-state index contributed by atoms with van der Waals surface area (Å²) in [6, 6.07) is 7.18. The molecule has 0 bridgehead atoms. The highest BCUT2D eigenvalue weighted by atomic mass is 19.1. The molecule has 0 aromatic heterocycles. The fourth-order valence-corrected chi connectivity index (χ4v) is 0.878. The summed E-state index contributed by atoms with van der Waals surface area (Å²) in [5.74, 6) is 0. The van der Waals surface area contributed by atoms with Crippen molar-refractivity contribution in [2.75, 3.05) is 6.67 Å². The molecule has 0 heterocycles. The van der Waals surface area contributed by atoms with Gasteiger partial charge in [-0.1, -0.05) is 29.8 Å². The monoisotopic (exact) mass is 154 g/mol. The SMILES string of the molecule is Cc1ccc(C(O)CF)cc1. The van der Waals surface area contributed by atoms with Crippen molar-refractivity contribution in [3.05, 3.63) is 35.4 Å². The second kappa shape index (κ2) is 3.49. The second-order valence-corrected chi connectivity index (χ2v) is 2.58. The third-order valence-electron chi connectivity index (χ3n) is 1.61. The van der Waals surface area contributed by atoms with Crippen LogP contribution in [0.4, 0.5) is 4.39 Å². The van der Waals surface area contributed by atoms with Gasteiger partial charge in [-0.05, 0) is 12.5 Å². The maximum atomic E-state index is 11.9. The average molecular weight is 154 g/mol. The quantitative estimate of drug-likeness (QED) is 0.690. The Hall–Kier alpha value is -0.890. The van der Waals surface area contributed by atoms with Gasteiger partial charge >= 0.3 is 0 Å². The van der Waals surface area contributed by atoms with Crippen molar-refractivity contribution in [2.45, 2.75) is 13.0 Å². The van der Waals surface area contributed by atoms with Gasteiger partial charge in [-0.2, -0.15) is 0 Å². The van der Waals surface area contributed by atoms with Crippen LogP contribution in [-0.2, 0) is 0 Å². The summed E-state index contributed by atoms with van der Waals surface area (Å²) in [6.45, 7) is 1.23. The molecular weight excluding hydrogens is 143 g/mol. The molecule has 0 radical (unpaired) electrons. The lowest BCUT2D eigenvalue weighted by molar-refractivity contribution is 0.142. The van der Waals surface area contributed by atoms with Crippen LogP contribution in [0.5, 0.6) is 0 Å². The van der Waals surface area contributed by atoms with Crippen molar-refractivity contribution in [2.24, 2.45) is 0 Å². The topological polar surface area (TPSA) is 20.2 Å². The van der Waals surface area contributed by atoms with E-state index in [2.05, 4.69) is 0 Å². The molecule has 0 spiro atoms. The third kappa shape index (κ3) is 2.02. The molecule has 0 aliphatic rings. The van der Waals surface area contributed by atoms with Crippen LogP contribution in [0.1, 0.15) is 17.2 Å². The van der Waals surface area contributed by atoms with Gasteiger partial charge < -0.3 is 5.11 Å².